The molecular weight excluding hydrogens is 297 g/mol. The number of alkyl halides is 3. The summed E-state index contributed by atoms with van der Waals surface area (Å²) in [6.07, 6.45) is -1.33. The van der Waals surface area contributed by atoms with E-state index in [4.69, 9.17) is 0 Å². The standard InChI is InChI=1S/C15H17F3N2S/c1-11(13-4-7-21-10-13)9-20-14(15(16,17)18)8-12-2-5-19-6-3-12/h2-7,10-11,14,20H,8-9H2,1H3/t11-,14-/m0/s1. The van der Waals surface area contributed by atoms with Crippen molar-refractivity contribution >= 4 is 11.3 Å². The molecule has 2 aromatic rings. The molecule has 2 atom stereocenters. The highest BCUT2D eigenvalue weighted by molar-refractivity contribution is 7.07. The quantitative estimate of drug-likeness (QED) is 0.871. The summed E-state index contributed by atoms with van der Waals surface area (Å²) in [5.41, 5.74) is 1.69. The lowest BCUT2D eigenvalue weighted by atomic mass is 10.0. The van der Waals surface area contributed by atoms with Crippen molar-refractivity contribution in [1.82, 2.24) is 10.3 Å². The fourth-order valence-corrected chi connectivity index (χ4v) is 2.83. The summed E-state index contributed by atoms with van der Waals surface area (Å²) in [6, 6.07) is 3.63. The van der Waals surface area contributed by atoms with Gasteiger partial charge >= 0.3 is 6.18 Å². The Labute approximate surface area is 126 Å². The van der Waals surface area contributed by atoms with Gasteiger partial charge in [0.05, 0.1) is 0 Å². The van der Waals surface area contributed by atoms with Gasteiger partial charge in [-0.2, -0.15) is 24.5 Å². The van der Waals surface area contributed by atoms with E-state index < -0.39 is 12.2 Å². The predicted molar refractivity (Wildman–Crippen MR) is 78.5 cm³/mol. The van der Waals surface area contributed by atoms with Gasteiger partial charge in [-0.25, -0.2) is 0 Å². The molecule has 0 radical (unpaired) electrons. The number of pyridine rings is 1. The molecular formula is C15H17F3N2S. The lowest BCUT2D eigenvalue weighted by Crippen LogP contribution is -2.45. The van der Waals surface area contributed by atoms with Gasteiger partial charge in [0.25, 0.3) is 0 Å². The zero-order chi connectivity index (χ0) is 15.3. The van der Waals surface area contributed by atoms with E-state index in [1.54, 1.807) is 23.5 Å². The van der Waals surface area contributed by atoms with E-state index in [0.29, 0.717) is 12.1 Å². The van der Waals surface area contributed by atoms with Crippen LogP contribution < -0.4 is 5.32 Å². The van der Waals surface area contributed by atoms with Gasteiger partial charge in [-0.05, 0) is 52.4 Å². The van der Waals surface area contributed by atoms with E-state index in [2.05, 4.69) is 10.3 Å². The molecule has 0 fully saturated rings. The van der Waals surface area contributed by atoms with Gasteiger partial charge in [0, 0.05) is 18.9 Å². The number of aromatic nitrogens is 1. The van der Waals surface area contributed by atoms with Crippen LogP contribution in [0.15, 0.2) is 41.4 Å². The van der Waals surface area contributed by atoms with Crippen molar-refractivity contribution in [2.45, 2.75) is 31.5 Å². The van der Waals surface area contributed by atoms with E-state index >= 15 is 0 Å². The minimum Gasteiger partial charge on any atom is -0.305 e. The van der Waals surface area contributed by atoms with E-state index in [1.165, 1.54) is 12.4 Å². The summed E-state index contributed by atoms with van der Waals surface area (Å²) in [7, 11) is 0. The number of hydrogen-bond acceptors (Lipinski definition) is 3. The molecule has 21 heavy (non-hydrogen) atoms. The number of halogens is 3. The van der Waals surface area contributed by atoms with Gasteiger partial charge in [-0.1, -0.05) is 6.92 Å². The zero-order valence-electron chi connectivity index (χ0n) is 11.6. The van der Waals surface area contributed by atoms with Crippen LogP contribution in [-0.2, 0) is 6.42 Å². The Morgan fingerprint density at radius 3 is 2.52 bits per heavy atom. The molecule has 0 aliphatic rings. The number of rotatable bonds is 6. The van der Waals surface area contributed by atoms with Crippen molar-refractivity contribution in [3.63, 3.8) is 0 Å². The fourth-order valence-electron chi connectivity index (χ4n) is 2.05. The first kappa shape index (κ1) is 16.0. The van der Waals surface area contributed by atoms with Gasteiger partial charge in [-0.3, -0.25) is 4.98 Å². The van der Waals surface area contributed by atoms with Crippen molar-refractivity contribution in [3.8, 4) is 0 Å². The molecule has 0 spiro atoms. The Balaban J connectivity index is 1.97. The average Bonchev–Trinajstić information content (AvgIpc) is 2.97. The maximum atomic E-state index is 13.1. The Hall–Kier alpha value is -1.40. The second-order valence-electron chi connectivity index (χ2n) is 5.02. The van der Waals surface area contributed by atoms with Crippen LogP contribution in [0.1, 0.15) is 24.0 Å². The van der Waals surface area contributed by atoms with Gasteiger partial charge < -0.3 is 5.32 Å². The second-order valence-corrected chi connectivity index (χ2v) is 5.80. The van der Waals surface area contributed by atoms with Crippen LogP contribution in [-0.4, -0.2) is 23.7 Å². The van der Waals surface area contributed by atoms with Gasteiger partial charge in [-0.15, -0.1) is 0 Å². The second kappa shape index (κ2) is 7.04. The Morgan fingerprint density at radius 1 is 1.24 bits per heavy atom. The van der Waals surface area contributed by atoms with Crippen LogP contribution >= 0.6 is 11.3 Å². The normalized spacial score (nSPS) is 14.9. The summed E-state index contributed by atoms with van der Waals surface area (Å²) >= 11 is 1.55. The molecule has 0 saturated carbocycles. The Morgan fingerprint density at radius 2 is 1.95 bits per heavy atom. The molecule has 2 aromatic heterocycles. The van der Waals surface area contributed by atoms with Crippen molar-refractivity contribution in [1.29, 1.82) is 0 Å². The van der Waals surface area contributed by atoms with Crippen molar-refractivity contribution < 1.29 is 13.2 Å². The van der Waals surface area contributed by atoms with E-state index in [1.807, 2.05) is 23.8 Å². The number of hydrogen-bond donors (Lipinski definition) is 1. The van der Waals surface area contributed by atoms with Crippen LogP contribution in [0.3, 0.4) is 0 Å². The highest BCUT2D eigenvalue weighted by Gasteiger charge is 2.39. The predicted octanol–water partition coefficient (Wildman–Crippen LogP) is 4.01. The summed E-state index contributed by atoms with van der Waals surface area (Å²) < 4.78 is 39.4. The fraction of sp³-hybridized carbons (Fsp3) is 0.400. The first-order chi connectivity index (χ1) is 9.97. The van der Waals surface area contributed by atoms with Crippen LogP contribution in [0.4, 0.5) is 13.2 Å². The number of nitrogens with zero attached hydrogens (tertiary/aromatic N) is 1. The third-order valence-electron chi connectivity index (χ3n) is 3.37. The minimum absolute atomic E-state index is 0.0542. The van der Waals surface area contributed by atoms with E-state index in [-0.39, 0.29) is 12.3 Å². The highest BCUT2D eigenvalue weighted by atomic mass is 32.1. The molecule has 2 heterocycles. The smallest absolute Gasteiger partial charge is 0.305 e. The minimum atomic E-state index is -4.27. The zero-order valence-corrected chi connectivity index (χ0v) is 12.4. The molecule has 0 aliphatic carbocycles. The van der Waals surface area contributed by atoms with Crippen molar-refractivity contribution in [2.24, 2.45) is 0 Å². The van der Waals surface area contributed by atoms with Gasteiger partial charge in [0.1, 0.15) is 6.04 Å². The lowest BCUT2D eigenvalue weighted by Gasteiger charge is -2.23. The number of thiophene rings is 1. The van der Waals surface area contributed by atoms with E-state index in [9.17, 15) is 13.2 Å². The summed E-state index contributed by atoms with van der Waals surface area (Å²) in [4.78, 5) is 3.82. The lowest BCUT2D eigenvalue weighted by molar-refractivity contribution is -0.155. The average molecular weight is 314 g/mol. The number of nitrogens with one attached hydrogen (secondary N) is 1. The molecule has 2 rings (SSSR count). The SMILES string of the molecule is C[C@@H](CN[C@@H](Cc1ccncc1)C(F)(F)F)c1ccsc1. The van der Waals surface area contributed by atoms with Crippen LogP contribution in [0, 0.1) is 0 Å². The van der Waals surface area contributed by atoms with Gasteiger partial charge in [0.15, 0.2) is 0 Å². The molecule has 0 amide bonds. The van der Waals surface area contributed by atoms with Crippen LogP contribution in [0.5, 0.6) is 0 Å². The molecule has 1 N–H and O–H groups in total. The maximum Gasteiger partial charge on any atom is 0.404 e. The highest BCUT2D eigenvalue weighted by Crippen LogP contribution is 2.24. The Bertz CT molecular complexity index is 526. The summed E-state index contributed by atoms with van der Waals surface area (Å²) in [5, 5.41) is 6.56. The third kappa shape index (κ3) is 4.82. The maximum absolute atomic E-state index is 13.1. The summed E-state index contributed by atoms with van der Waals surface area (Å²) in [5.74, 6) is 0.0542. The largest absolute Gasteiger partial charge is 0.404 e. The monoisotopic (exact) mass is 314 g/mol. The Kier molecular flexibility index (Phi) is 5.36. The first-order valence-electron chi connectivity index (χ1n) is 6.68. The van der Waals surface area contributed by atoms with Crippen LogP contribution in [0.25, 0.3) is 0 Å². The summed E-state index contributed by atoms with van der Waals surface area (Å²) in [6.45, 7) is 2.22. The first-order valence-corrected chi connectivity index (χ1v) is 7.62. The molecule has 2 nitrogen and oxygen atoms in total. The molecule has 6 heteroatoms. The van der Waals surface area contributed by atoms with E-state index in [0.717, 1.165) is 5.56 Å². The molecule has 0 aliphatic heterocycles. The molecule has 0 unspecified atom stereocenters. The van der Waals surface area contributed by atoms with Crippen molar-refractivity contribution in [2.75, 3.05) is 6.54 Å². The van der Waals surface area contributed by atoms with Crippen molar-refractivity contribution in [3.05, 3.63) is 52.5 Å². The van der Waals surface area contributed by atoms with Gasteiger partial charge in [0.2, 0.25) is 0 Å². The molecule has 0 saturated heterocycles. The molecule has 0 bridgehead atoms. The molecule has 0 aromatic carbocycles. The topological polar surface area (TPSA) is 24.9 Å². The van der Waals surface area contributed by atoms with Crippen LogP contribution in [0.2, 0.25) is 0 Å². The molecule has 114 valence electrons. The third-order valence-corrected chi connectivity index (χ3v) is 4.07.